The SMILES string of the molecule is CC1(CCC#N)C(=O)N(Cc2ccccc2)C(c2ccccc2)=C1CC#N. The molecule has 0 aromatic heterocycles. The van der Waals surface area contributed by atoms with E-state index < -0.39 is 5.41 Å². The van der Waals surface area contributed by atoms with Crippen LogP contribution >= 0.6 is 0 Å². The Morgan fingerprint density at radius 1 is 0.963 bits per heavy atom. The molecule has 3 rings (SSSR count). The molecule has 0 aliphatic carbocycles. The van der Waals surface area contributed by atoms with Gasteiger partial charge in [-0.1, -0.05) is 60.7 Å². The lowest BCUT2D eigenvalue weighted by Gasteiger charge is -2.26. The van der Waals surface area contributed by atoms with Crippen molar-refractivity contribution in [2.45, 2.75) is 32.7 Å². The molecule has 1 heterocycles. The lowest BCUT2D eigenvalue weighted by atomic mass is 9.77. The number of amides is 1. The van der Waals surface area contributed by atoms with Crippen molar-refractivity contribution in [3.63, 3.8) is 0 Å². The number of hydrogen-bond donors (Lipinski definition) is 0. The first-order valence-corrected chi connectivity index (χ1v) is 9.00. The molecule has 134 valence electrons. The summed E-state index contributed by atoms with van der Waals surface area (Å²) < 4.78 is 0. The van der Waals surface area contributed by atoms with Gasteiger partial charge in [0.1, 0.15) is 0 Å². The Hall–Kier alpha value is -3.37. The molecule has 1 amide bonds. The van der Waals surface area contributed by atoms with E-state index in [4.69, 9.17) is 5.26 Å². The van der Waals surface area contributed by atoms with Gasteiger partial charge in [-0.2, -0.15) is 10.5 Å². The largest absolute Gasteiger partial charge is 0.307 e. The highest BCUT2D eigenvalue weighted by Crippen LogP contribution is 2.48. The summed E-state index contributed by atoms with van der Waals surface area (Å²) in [5, 5.41) is 18.5. The van der Waals surface area contributed by atoms with Crippen LogP contribution < -0.4 is 0 Å². The maximum absolute atomic E-state index is 13.5. The summed E-state index contributed by atoms with van der Waals surface area (Å²) in [6.45, 7) is 2.31. The zero-order chi connectivity index (χ0) is 19.3. The highest BCUT2D eigenvalue weighted by molar-refractivity contribution is 6.00. The number of nitrogens with zero attached hydrogens (tertiary/aromatic N) is 3. The Kier molecular flexibility index (Phi) is 5.38. The van der Waals surface area contributed by atoms with Crippen LogP contribution in [0.4, 0.5) is 0 Å². The van der Waals surface area contributed by atoms with E-state index in [0.29, 0.717) is 13.0 Å². The predicted molar refractivity (Wildman–Crippen MR) is 104 cm³/mol. The molecule has 2 aromatic rings. The maximum atomic E-state index is 13.5. The zero-order valence-corrected chi connectivity index (χ0v) is 15.4. The van der Waals surface area contributed by atoms with Crippen LogP contribution in [0.25, 0.3) is 5.70 Å². The number of rotatable bonds is 6. The molecule has 0 saturated heterocycles. The summed E-state index contributed by atoms with van der Waals surface area (Å²) in [6.07, 6.45) is 0.864. The van der Waals surface area contributed by atoms with Crippen molar-refractivity contribution in [2.24, 2.45) is 5.41 Å². The van der Waals surface area contributed by atoms with Gasteiger partial charge in [0.25, 0.3) is 0 Å². The van der Waals surface area contributed by atoms with Crippen LogP contribution in [0, 0.1) is 28.1 Å². The fraction of sp³-hybridized carbons (Fsp3) is 0.261. The average molecular weight is 355 g/mol. The van der Waals surface area contributed by atoms with Crippen molar-refractivity contribution in [1.29, 1.82) is 10.5 Å². The van der Waals surface area contributed by atoms with E-state index in [2.05, 4.69) is 12.1 Å². The molecule has 0 fully saturated rings. The van der Waals surface area contributed by atoms with E-state index in [1.165, 1.54) is 0 Å². The summed E-state index contributed by atoms with van der Waals surface area (Å²) in [7, 11) is 0. The second-order valence-electron chi connectivity index (χ2n) is 6.90. The molecule has 4 heteroatoms. The van der Waals surface area contributed by atoms with Crippen LogP contribution in [0.2, 0.25) is 0 Å². The van der Waals surface area contributed by atoms with Crippen molar-refractivity contribution in [1.82, 2.24) is 4.90 Å². The monoisotopic (exact) mass is 355 g/mol. The Bertz CT molecular complexity index is 935. The Morgan fingerprint density at radius 3 is 2.19 bits per heavy atom. The van der Waals surface area contributed by atoms with Crippen molar-refractivity contribution in [2.75, 3.05) is 0 Å². The molecular weight excluding hydrogens is 334 g/mol. The summed E-state index contributed by atoms with van der Waals surface area (Å²) in [6, 6.07) is 23.9. The normalized spacial score (nSPS) is 19.1. The van der Waals surface area contributed by atoms with Crippen LogP contribution in [0.5, 0.6) is 0 Å². The van der Waals surface area contributed by atoms with Gasteiger partial charge in [0.15, 0.2) is 0 Å². The molecule has 0 bridgehead atoms. The molecule has 4 nitrogen and oxygen atoms in total. The number of carbonyl (C=O) groups excluding carboxylic acids is 1. The summed E-state index contributed by atoms with van der Waals surface area (Å²) in [4.78, 5) is 15.3. The van der Waals surface area contributed by atoms with Gasteiger partial charge >= 0.3 is 0 Å². The van der Waals surface area contributed by atoms with Crippen molar-refractivity contribution >= 4 is 11.6 Å². The summed E-state index contributed by atoms with van der Waals surface area (Å²) >= 11 is 0. The molecule has 0 spiro atoms. The van der Waals surface area contributed by atoms with Gasteiger partial charge < -0.3 is 4.90 Å². The van der Waals surface area contributed by atoms with Gasteiger partial charge in [-0.25, -0.2) is 0 Å². The number of carbonyl (C=O) groups is 1. The zero-order valence-electron chi connectivity index (χ0n) is 15.4. The van der Waals surface area contributed by atoms with E-state index in [0.717, 1.165) is 22.4 Å². The Morgan fingerprint density at radius 2 is 1.59 bits per heavy atom. The van der Waals surface area contributed by atoms with Crippen molar-refractivity contribution in [3.05, 3.63) is 77.4 Å². The first-order chi connectivity index (χ1) is 13.1. The molecular formula is C23H21N3O. The van der Waals surface area contributed by atoms with Crippen LogP contribution in [0.15, 0.2) is 66.2 Å². The Balaban J connectivity index is 2.14. The second kappa shape index (κ2) is 7.89. The molecule has 1 aliphatic heterocycles. The van der Waals surface area contributed by atoms with Crippen LogP contribution in [-0.4, -0.2) is 10.8 Å². The van der Waals surface area contributed by atoms with Crippen molar-refractivity contribution in [3.8, 4) is 12.1 Å². The number of benzene rings is 2. The molecule has 1 unspecified atom stereocenters. The van der Waals surface area contributed by atoms with Gasteiger partial charge in [0, 0.05) is 6.42 Å². The number of hydrogen-bond acceptors (Lipinski definition) is 3. The lowest BCUT2D eigenvalue weighted by Crippen LogP contribution is -2.34. The van der Waals surface area contributed by atoms with Crippen molar-refractivity contribution < 1.29 is 4.79 Å². The Labute approximate surface area is 160 Å². The van der Waals surface area contributed by atoms with Gasteiger partial charge in [0.2, 0.25) is 5.91 Å². The highest BCUT2D eigenvalue weighted by Gasteiger charge is 2.48. The van der Waals surface area contributed by atoms with E-state index in [1.54, 1.807) is 4.90 Å². The minimum atomic E-state index is -0.828. The van der Waals surface area contributed by atoms with E-state index >= 15 is 0 Å². The molecule has 1 atom stereocenters. The molecule has 0 radical (unpaired) electrons. The summed E-state index contributed by atoms with van der Waals surface area (Å²) in [5.41, 5.74) is 2.75. The molecule has 0 N–H and O–H groups in total. The smallest absolute Gasteiger partial charge is 0.237 e. The first-order valence-electron chi connectivity index (χ1n) is 9.00. The standard InChI is InChI=1S/C23H21N3O/c1-23(14-8-15-24)20(13-16-25)21(19-11-6-3-7-12-19)26(22(23)27)17-18-9-4-2-5-10-18/h2-7,9-12H,8,13-14,17H2,1H3. The minimum Gasteiger partial charge on any atom is -0.307 e. The quantitative estimate of drug-likeness (QED) is 0.756. The average Bonchev–Trinajstić information content (AvgIpc) is 2.90. The molecule has 27 heavy (non-hydrogen) atoms. The predicted octanol–water partition coefficient (Wildman–Crippen LogP) is 4.66. The molecule has 1 aliphatic rings. The number of nitriles is 2. The van der Waals surface area contributed by atoms with Gasteiger partial charge in [-0.15, -0.1) is 0 Å². The van der Waals surface area contributed by atoms with E-state index in [9.17, 15) is 10.1 Å². The van der Waals surface area contributed by atoms with E-state index in [1.807, 2.05) is 67.6 Å². The fourth-order valence-electron chi connectivity index (χ4n) is 3.72. The highest BCUT2D eigenvalue weighted by atomic mass is 16.2. The lowest BCUT2D eigenvalue weighted by molar-refractivity contribution is -0.134. The first kappa shape index (κ1) is 18.4. The summed E-state index contributed by atoms with van der Waals surface area (Å²) in [5.74, 6) is -0.0364. The molecule has 2 aromatic carbocycles. The maximum Gasteiger partial charge on any atom is 0.237 e. The topological polar surface area (TPSA) is 67.9 Å². The van der Waals surface area contributed by atoms with Gasteiger partial charge in [-0.05, 0) is 30.0 Å². The minimum absolute atomic E-state index is 0.0364. The van der Waals surface area contributed by atoms with E-state index in [-0.39, 0.29) is 18.7 Å². The van der Waals surface area contributed by atoms with Crippen LogP contribution in [-0.2, 0) is 11.3 Å². The third-order valence-corrected chi connectivity index (χ3v) is 5.16. The van der Waals surface area contributed by atoms with Crippen LogP contribution in [0.3, 0.4) is 0 Å². The third kappa shape index (κ3) is 3.48. The van der Waals surface area contributed by atoms with Crippen LogP contribution in [0.1, 0.15) is 37.3 Å². The third-order valence-electron chi connectivity index (χ3n) is 5.16. The second-order valence-corrected chi connectivity index (χ2v) is 6.90. The van der Waals surface area contributed by atoms with Gasteiger partial charge in [0.05, 0.1) is 36.2 Å². The fourth-order valence-corrected chi connectivity index (χ4v) is 3.72. The molecule has 0 saturated carbocycles. The van der Waals surface area contributed by atoms with Gasteiger partial charge in [-0.3, -0.25) is 4.79 Å².